The number of hydrogen-bond donors (Lipinski definition) is 0. The second-order valence-electron chi connectivity index (χ2n) is 8.81. The summed E-state index contributed by atoms with van der Waals surface area (Å²) in [5.74, 6) is 0. The van der Waals surface area contributed by atoms with E-state index in [-0.39, 0.29) is 5.56 Å². The molecule has 0 N–H and O–H groups in total. The fourth-order valence-electron chi connectivity index (χ4n) is 5.38. The molecule has 1 atom stereocenters. The van der Waals surface area contributed by atoms with Crippen LogP contribution in [0.15, 0.2) is 10.9 Å². The molecule has 1 fully saturated rings. The topological polar surface area (TPSA) is 56.0 Å². The first kappa shape index (κ1) is 18.1. The number of aryl methyl sites for hydroxylation is 4. The zero-order valence-corrected chi connectivity index (χ0v) is 17.0. The first-order valence-corrected chi connectivity index (χ1v) is 11.1. The minimum Gasteiger partial charge on any atom is -0.293 e. The Morgan fingerprint density at radius 2 is 1.79 bits per heavy atom. The van der Waals surface area contributed by atoms with Gasteiger partial charge in [-0.05, 0) is 81.9 Å². The quantitative estimate of drug-likeness (QED) is 0.816. The van der Waals surface area contributed by atoms with Gasteiger partial charge in [0.2, 0.25) is 0 Å². The van der Waals surface area contributed by atoms with Crippen LogP contribution in [0.2, 0.25) is 0 Å². The van der Waals surface area contributed by atoms with Crippen LogP contribution in [0.3, 0.4) is 0 Å². The molecule has 2 aliphatic carbocycles. The molecule has 2 aromatic heterocycles. The first-order valence-electron chi connectivity index (χ1n) is 11.1. The fourth-order valence-corrected chi connectivity index (χ4v) is 5.38. The van der Waals surface area contributed by atoms with Crippen molar-refractivity contribution in [1.29, 1.82) is 0 Å². The number of nitrogens with zero attached hydrogens (tertiary/aromatic N) is 5. The fraction of sp³-hybridized carbons (Fsp3) is 0.682. The van der Waals surface area contributed by atoms with Crippen LogP contribution in [0.4, 0.5) is 0 Å². The van der Waals surface area contributed by atoms with Crippen molar-refractivity contribution < 1.29 is 0 Å². The average molecular weight is 382 g/mol. The van der Waals surface area contributed by atoms with Crippen molar-refractivity contribution in [2.75, 3.05) is 6.54 Å². The van der Waals surface area contributed by atoms with Crippen molar-refractivity contribution in [2.24, 2.45) is 7.05 Å². The summed E-state index contributed by atoms with van der Waals surface area (Å²) in [6, 6.07) is 2.24. The van der Waals surface area contributed by atoms with Crippen LogP contribution < -0.4 is 5.56 Å². The Balaban J connectivity index is 1.35. The third kappa shape index (κ3) is 3.32. The van der Waals surface area contributed by atoms with Gasteiger partial charge < -0.3 is 0 Å². The molecule has 3 aliphatic rings. The molecule has 6 nitrogen and oxygen atoms in total. The van der Waals surface area contributed by atoms with E-state index in [2.05, 4.69) is 16.6 Å². The molecule has 1 aliphatic heterocycles. The Morgan fingerprint density at radius 1 is 1.00 bits per heavy atom. The van der Waals surface area contributed by atoms with Crippen molar-refractivity contribution in [1.82, 2.24) is 24.5 Å². The van der Waals surface area contributed by atoms with Gasteiger partial charge in [-0.3, -0.25) is 14.4 Å². The van der Waals surface area contributed by atoms with Gasteiger partial charge in [-0.1, -0.05) is 0 Å². The molecule has 1 saturated heterocycles. The summed E-state index contributed by atoms with van der Waals surface area (Å²) in [5.41, 5.74) is 6.58. The molecule has 0 spiro atoms. The van der Waals surface area contributed by atoms with E-state index in [9.17, 15) is 4.79 Å². The number of aromatic nitrogens is 4. The van der Waals surface area contributed by atoms with E-state index in [0.717, 1.165) is 44.5 Å². The van der Waals surface area contributed by atoms with E-state index in [4.69, 9.17) is 10.2 Å². The normalized spacial score (nSPS) is 22.2. The van der Waals surface area contributed by atoms with Crippen LogP contribution in [0.25, 0.3) is 0 Å². The molecule has 2 aromatic rings. The second-order valence-corrected chi connectivity index (χ2v) is 8.81. The second kappa shape index (κ2) is 7.47. The Bertz CT molecular complexity index is 928. The predicted octanol–water partition coefficient (Wildman–Crippen LogP) is 2.40. The van der Waals surface area contributed by atoms with Gasteiger partial charge >= 0.3 is 0 Å². The van der Waals surface area contributed by atoms with Gasteiger partial charge in [0.1, 0.15) is 0 Å². The third-order valence-corrected chi connectivity index (χ3v) is 6.96. The lowest BCUT2D eigenvalue weighted by Crippen LogP contribution is -2.38. The summed E-state index contributed by atoms with van der Waals surface area (Å²) in [5, 5.41) is 9.54. The first-order chi connectivity index (χ1) is 13.7. The Morgan fingerprint density at radius 3 is 2.68 bits per heavy atom. The highest BCUT2D eigenvalue weighted by atomic mass is 16.1. The monoisotopic (exact) mass is 381 g/mol. The minimum absolute atomic E-state index is 0.0745. The molecule has 0 bridgehead atoms. The highest BCUT2D eigenvalue weighted by Gasteiger charge is 2.29. The van der Waals surface area contributed by atoms with Gasteiger partial charge in [0.25, 0.3) is 5.56 Å². The molecule has 0 amide bonds. The average Bonchev–Trinajstić information content (AvgIpc) is 3.27. The van der Waals surface area contributed by atoms with Crippen LogP contribution in [-0.2, 0) is 45.8 Å². The molecule has 0 saturated carbocycles. The summed E-state index contributed by atoms with van der Waals surface area (Å²) in [4.78, 5) is 15.2. The zero-order valence-electron chi connectivity index (χ0n) is 17.0. The molecular formula is C22H31N5O. The van der Waals surface area contributed by atoms with Crippen molar-refractivity contribution in [2.45, 2.75) is 83.3 Å². The third-order valence-electron chi connectivity index (χ3n) is 6.96. The summed E-state index contributed by atoms with van der Waals surface area (Å²) in [6.07, 6.45) is 11.6. The van der Waals surface area contributed by atoms with E-state index in [1.807, 2.05) is 6.07 Å². The maximum atomic E-state index is 12.6. The highest BCUT2D eigenvalue weighted by molar-refractivity contribution is 5.29. The molecule has 1 unspecified atom stereocenters. The molecule has 150 valence electrons. The van der Waals surface area contributed by atoms with Crippen molar-refractivity contribution in [3.8, 4) is 0 Å². The lowest BCUT2D eigenvalue weighted by molar-refractivity contribution is 0.210. The number of fused-ring (bicyclic) bond motifs is 2. The molecule has 0 radical (unpaired) electrons. The summed E-state index contributed by atoms with van der Waals surface area (Å²) in [6.45, 7) is 2.76. The standard InChI is InChI=1S/C22H31N5O/c1-25-21(18-9-3-5-11-20(18)23-25)15-26-12-6-8-17(26)14-27-22(28)13-16-7-2-4-10-19(16)24-27/h13,17H,2-12,14-15H2,1H3. The van der Waals surface area contributed by atoms with E-state index in [0.29, 0.717) is 12.6 Å². The smallest absolute Gasteiger partial charge is 0.267 e. The molecule has 5 rings (SSSR count). The van der Waals surface area contributed by atoms with Gasteiger partial charge in [-0.15, -0.1) is 0 Å². The van der Waals surface area contributed by atoms with E-state index >= 15 is 0 Å². The largest absolute Gasteiger partial charge is 0.293 e. The predicted molar refractivity (Wildman–Crippen MR) is 108 cm³/mol. The van der Waals surface area contributed by atoms with E-state index in [1.54, 1.807) is 4.68 Å². The minimum atomic E-state index is 0.0745. The molecular weight excluding hydrogens is 350 g/mol. The Labute approximate surface area is 166 Å². The van der Waals surface area contributed by atoms with Crippen LogP contribution >= 0.6 is 0 Å². The zero-order chi connectivity index (χ0) is 19.1. The molecule has 3 heterocycles. The van der Waals surface area contributed by atoms with Crippen molar-refractivity contribution >= 4 is 0 Å². The lowest BCUT2D eigenvalue weighted by Gasteiger charge is -2.26. The molecule has 6 heteroatoms. The van der Waals surface area contributed by atoms with Crippen molar-refractivity contribution in [3.05, 3.63) is 44.6 Å². The van der Waals surface area contributed by atoms with Crippen LogP contribution in [0, 0.1) is 0 Å². The van der Waals surface area contributed by atoms with Crippen LogP contribution in [0.5, 0.6) is 0 Å². The summed E-state index contributed by atoms with van der Waals surface area (Å²) in [7, 11) is 2.09. The highest BCUT2D eigenvalue weighted by Crippen LogP contribution is 2.28. The number of hydrogen-bond acceptors (Lipinski definition) is 4. The number of rotatable bonds is 4. The van der Waals surface area contributed by atoms with Gasteiger partial charge in [0.05, 0.1) is 23.6 Å². The molecule has 0 aromatic carbocycles. The maximum Gasteiger partial charge on any atom is 0.267 e. The van der Waals surface area contributed by atoms with E-state index < -0.39 is 0 Å². The maximum absolute atomic E-state index is 12.6. The van der Waals surface area contributed by atoms with Gasteiger partial charge in [0, 0.05) is 25.7 Å². The van der Waals surface area contributed by atoms with Gasteiger partial charge in [0.15, 0.2) is 0 Å². The Kier molecular flexibility index (Phi) is 4.83. The van der Waals surface area contributed by atoms with Crippen LogP contribution in [-0.4, -0.2) is 37.0 Å². The van der Waals surface area contributed by atoms with Gasteiger partial charge in [-0.2, -0.15) is 10.2 Å². The van der Waals surface area contributed by atoms with Crippen molar-refractivity contribution in [3.63, 3.8) is 0 Å². The lowest BCUT2D eigenvalue weighted by atomic mass is 9.95. The van der Waals surface area contributed by atoms with Crippen LogP contribution in [0.1, 0.15) is 66.7 Å². The number of likely N-dealkylation sites (tertiary alicyclic amines) is 1. The SMILES string of the molecule is Cn1nc2c(c1CN1CCCC1Cn1nc3c(cc1=O)CCCC3)CCCC2. The van der Waals surface area contributed by atoms with E-state index in [1.165, 1.54) is 61.0 Å². The summed E-state index contributed by atoms with van der Waals surface area (Å²) < 4.78 is 3.85. The Hall–Kier alpha value is -1.95. The van der Waals surface area contributed by atoms with Gasteiger partial charge in [-0.25, -0.2) is 4.68 Å². The molecule has 28 heavy (non-hydrogen) atoms. The summed E-state index contributed by atoms with van der Waals surface area (Å²) >= 11 is 0.